The highest BCUT2D eigenvalue weighted by atomic mass is 32.2. The first-order valence-corrected chi connectivity index (χ1v) is 13.3. The minimum Gasteiger partial charge on any atom is -0.444 e. The number of hydrogen-bond acceptors (Lipinski definition) is 6. The summed E-state index contributed by atoms with van der Waals surface area (Å²) in [6.45, 7) is 9.64. The number of anilines is 2. The molecule has 0 radical (unpaired) electrons. The van der Waals surface area contributed by atoms with Crippen LogP contribution in [0.5, 0.6) is 0 Å². The number of sulfonamides is 1. The van der Waals surface area contributed by atoms with Gasteiger partial charge in [-0.05, 0) is 81.1 Å². The number of nitrogens with zero attached hydrogens (tertiary/aromatic N) is 2. The second-order valence-electron chi connectivity index (χ2n) is 9.26. The number of fused-ring (bicyclic) bond motifs is 1. The van der Waals surface area contributed by atoms with Crippen LogP contribution in [-0.4, -0.2) is 51.2 Å². The predicted molar refractivity (Wildman–Crippen MR) is 134 cm³/mol. The van der Waals surface area contributed by atoms with Crippen LogP contribution >= 0.6 is 11.3 Å². The lowest BCUT2D eigenvalue weighted by atomic mass is 10.2. The second kappa shape index (κ2) is 9.07. The SMILES string of the molecule is Cc1c(S(=O)(=O)Nc2ccc(N3CCN(C(=O)OC(C)(C)C)CC3)cc2)sc2ccc(F)cc12. The number of benzene rings is 2. The summed E-state index contributed by atoms with van der Waals surface area (Å²) >= 11 is 1.12. The van der Waals surface area contributed by atoms with Crippen LogP contribution in [0.25, 0.3) is 10.1 Å². The van der Waals surface area contributed by atoms with Gasteiger partial charge >= 0.3 is 6.09 Å². The van der Waals surface area contributed by atoms with Crippen LogP contribution in [-0.2, 0) is 14.8 Å². The fraction of sp³-hybridized carbons (Fsp3) is 0.375. The fourth-order valence-corrected chi connectivity index (χ4v) is 6.65. The minimum atomic E-state index is -3.81. The number of rotatable bonds is 4. The van der Waals surface area contributed by atoms with Crippen molar-refractivity contribution >= 4 is 48.9 Å². The molecule has 182 valence electrons. The van der Waals surface area contributed by atoms with Gasteiger partial charge in [0, 0.05) is 42.3 Å². The monoisotopic (exact) mass is 505 g/mol. The highest BCUT2D eigenvalue weighted by molar-refractivity contribution is 7.94. The molecule has 0 unspecified atom stereocenters. The van der Waals surface area contributed by atoms with E-state index in [0.717, 1.165) is 21.7 Å². The first-order chi connectivity index (χ1) is 15.9. The van der Waals surface area contributed by atoms with E-state index in [1.807, 2.05) is 32.9 Å². The van der Waals surface area contributed by atoms with Crippen LogP contribution in [0.3, 0.4) is 0 Å². The number of thiophene rings is 1. The van der Waals surface area contributed by atoms with Crippen molar-refractivity contribution in [2.45, 2.75) is 37.5 Å². The van der Waals surface area contributed by atoms with E-state index in [0.29, 0.717) is 42.8 Å². The third-order valence-corrected chi connectivity index (χ3v) is 8.79. The Bertz CT molecular complexity index is 1310. The third kappa shape index (κ3) is 5.28. The van der Waals surface area contributed by atoms with E-state index in [-0.39, 0.29) is 10.3 Å². The lowest BCUT2D eigenvalue weighted by molar-refractivity contribution is 0.0240. The molecule has 0 spiro atoms. The first kappa shape index (κ1) is 24.3. The van der Waals surface area contributed by atoms with E-state index in [4.69, 9.17) is 4.74 Å². The molecule has 0 aliphatic carbocycles. The number of aryl methyl sites for hydroxylation is 1. The van der Waals surface area contributed by atoms with Gasteiger partial charge in [0.25, 0.3) is 10.0 Å². The standard InChI is InChI=1S/C24H28FN3O4S2/c1-16-20-15-17(25)5-10-21(20)33-22(16)34(30,31)26-18-6-8-19(9-7-18)27-11-13-28(14-12-27)23(29)32-24(2,3)4/h5-10,15,26H,11-14H2,1-4H3. The average molecular weight is 506 g/mol. The van der Waals surface area contributed by atoms with E-state index in [2.05, 4.69) is 9.62 Å². The van der Waals surface area contributed by atoms with Crippen molar-refractivity contribution in [2.75, 3.05) is 35.8 Å². The molecule has 10 heteroatoms. The molecule has 34 heavy (non-hydrogen) atoms. The number of hydrogen-bond donors (Lipinski definition) is 1. The molecule has 0 atom stereocenters. The lowest BCUT2D eigenvalue weighted by Gasteiger charge is -2.36. The molecular weight excluding hydrogens is 477 g/mol. The lowest BCUT2D eigenvalue weighted by Crippen LogP contribution is -2.50. The summed E-state index contributed by atoms with van der Waals surface area (Å²) < 4.78 is 48.6. The van der Waals surface area contributed by atoms with Gasteiger partial charge in [-0.3, -0.25) is 4.72 Å². The Morgan fingerprint density at radius 1 is 1.06 bits per heavy atom. The molecule has 1 amide bonds. The van der Waals surface area contributed by atoms with Crippen LogP contribution in [0, 0.1) is 12.7 Å². The summed E-state index contributed by atoms with van der Waals surface area (Å²) in [5.74, 6) is -0.396. The van der Waals surface area contributed by atoms with Crippen molar-refractivity contribution in [3.63, 3.8) is 0 Å². The molecule has 2 aromatic carbocycles. The molecule has 7 nitrogen and oxygen atoms in total. The summed E-state index contributed by atoms with van der Waals surface area (Å²) in [6, 6.07) is 11.4. The van der Waals surface area contributed by atoms with Gasteiger partial charge in [-0.25, -0.2) is 17.6 Å². The predicted octanol–water partition coefficient (Wildman–Crippen LogP) is 5.21. The largest absolute Gasteiger partial charge is 0.444 e. The van der Waals surface area contributed by atoms with Gasteiger partial charge in [-0.1, -0.05) is 0 Å². The third-order valence-electron chi connectivity index (χ3n) is 5.51. The molecule has 0 saturated carbocycles. The number of carbonyl (C=O) groups excluding carboxylic acids is 1. The molecular formula is C24H28FN3O4S2. The molecule has 1 aromatic heterocycles. The Morgan fingerprint density at radius 3 is 2.32 bits per heavy atom. The fourth-order valence-electron chi connectivity index (χ4n) is 3.84. The maximum atomic E-state index is 13.6. The van der Waals surface area contributed by atoms with Crippen LogP contribution in [0.2, 0.25) is 0 Å². The highest BCUT2D eigenvalue weighted by Gasteiger charge is 2.26. The van der Waals surface area contributed by atoms with Crippen molar-refractivity contribution in [3.8, 4) is 0 Å². The van der Waals surface area contributed by atoms with Crippen LogP contribution < -0.4 is 9.62 Å². The maximum absolute atomic E-state index is 13.6. The van der Waals surface area contributed by atoms with Gasteiger partial charge in [0.2, 0.25) is 0 Å². The van der Waals surface area contributed by atoms with E-state index in [1.54, 1.807) is 30.0 Å². The summed E-state index contributed by atoms with van der Waals surface area (Å²) in [5, 5.41) is 0.603. The van der Waals surface area contributed by atoms with Gasteiger partial charge in [0.15, 0.2) is 0 Å². The molecule has 1 N–H and O–H groups in total. The average Bonchev–Trinajstić information content (AvgIpc) is 3.10. The maximum Gasteiger partial charge on any atom is 0.410 e. The molecule has 1 fully saturated rings. The molecule has 2 heterocycles. The van der Waals surface area contributed by atoms with Crippen molar-refractivity contribution in [3.05, 3.63) is 53.8 Å². The second-order valence-corrected chi connectivity index (χ2v) is 12.2. The molecule has 0 bridgehead atoms. The highest BCUT2D eigenvalue weighted by Crippen LogP contribution is 2.35. The smallest absolute Gasteiger partial charge is 0.410 e. The van der Waals surface area contributed by atoms with E-state index in [1.165, 1.54) is 12.1 Å². The summed E-state index contributed by atoms with van der Waals surface area (Å²) in [7, 11) is -3.81. The molecule has 1 aliphatic heterocycles. The molecule has 3 aromatic rings. The normalized spacial score (nSPS) is 15.0. The van der Waals surface area contributed by atoms with E-state index < -0.39 is 21.4 Å². The minimum absolute atomic E-state index is 0.176. The quantitative estimate of drug-likeness (QED) is 0.527. The van der Waals surface area contributed by atoms with Crippen molar-refractivity contribution in [1.29, 1.82) is 0 Å². The van der Waals surface area contributed by atoms with E-state index >= 15 is 0 Å². The molecule has 1 saturated heterocycles. The Morgan fingerprint density at radius 2 is 1.71 bits per heavy atom. The number of halogens is 1. The zero-order chi connectivity index (χ0) is 24.7. The van der Waals surface area contributed by atoms with Gasteiger partial charge in [-0.15, -0.1) is 11.3 Å². The van der Waals surface area contributed by atoms with Crippen LogP contribution in [0.4, 0.5) is 20.6 Å². The summed E-state index contributed by atoms with van der Waals surface area (Å²) in [4.78, 5) is 16.1. The van der Waals surface area contributed by atoms with Gasteiger partial charge < -0.3 is 14.5 Å². The zero-order valence-electron chi connectivity index (χ0n) is 19.6. The Hall–Kier alpha value is -2.85. The van der Waals surface area contributed by atoms with Gasteiger partial charge in [0.1, 0.15) is 15.6 Å². The summed E-state index contributed by atoms with van der Waals surface area (Å²) in [5.41, 5.74) is 1.40. The number of carbonyl (C=O) groups is 1. The number of amides is 1. The molecule has 4 rings (SSSR count). The van der Waals surface area contributed by atoms with Crippen molar-refractivity contribution in [2.24, 2.45) is 0 Å². The number of nitrogens with one attached hydrogen (secondary N) is 1. The molecule has 1 aliphatic rings. The Balaban J connectivity index is 1.42. The summed E-state index contributed by atoms with van der Waals surface area (Å²) in [6.07, 6.45) is -0.309. The van der Waals surface area contributed by atoms with Crippen LogP contribution in [0.1, 0.15) is 26.3 Å². The number of ether oxygens (including phenoxy) is 1. The van der Waals surface area contributed by atoms with Crippen LogP contribution in [0.15, 0.2) is 46.7 Å². The zero-order valence-corrected chi connectivity index (χ0v) is 21.2. The number of piperazine rings is 1. The van der Waals surface area contributed by atoms with E-state index in [9.17, 15) is 17.6 Å². The first-order valence-electron chi connectivity index (χ1n) is 11.0. The Kier molecular flexibility index (Phi) is 6.48. The van der Waals surface area contributed by atoms with Crippen molar-refractivity contribution in [1.82, 2.24) is 4.90 Å². The van der Waals surface area contributed by atoms with Gasteiger partial charge in [0.05, 0.1) is 0 Å². The van der Waals surface area contributed by atoms with Crippen molar-refractivity contribution < 1.29 is 22.3 Å². The topological polar surface area (TPSA) is 79.0 Å². The van der Waals surface area contributed by atoms with Gasteiger partial charge in [-0.2, -0.15) is 0 Å². The Labute approximate surface area is 203 Å².